The Morgan fingerprint density at radius 1 is 1.17 bits per heavy atom. The van der Waals surface area contributed by atoms with Gasteiger partial charge in [-0.25, -0.2) is 0 Å². The molecule has 1 aromatic heterocycles. The van der Waals surface area contributed by atoms with Gasteiger partial charge in [0.25, 0.3) is 0 Å². The minimum atomic E-state index is 0. The van der Waals surface area contributed by atoms with E-state index in [-0.39, 0.29) is 12.4 Å². The molecule has 1 N–H and O–H groups in total. The topological polar surface area (TPSA) is 12.0 Å². The van der Waals surface area contributed by atoms with Crippen LogP contribution in [0.1, 0.15) is 33.2 Å². The van der Waals surface area contributed by atoms with E-state index in [1.165, 1.54) is 27.1 Å². The molecule has 1 aromatic carbocycles. The molecule has 0 radical (unpaired) electrons. The van der Waals surface area contributed by atoms with Crippen LogP contribution >= 0.6 is 23.7 Å². The first-order valence-electron chi connectivity index (χ1n) is 6.12. The van der Waals surface area contributed by atoms with E-state index in [1.54, 1.807) is 0 Å². The molecule has 0 unspecified atom stereocenters. The fourth-order valence-corrected chi connectivity index (χ4v) is 3.38. The van der Waals surface area contributed by atoms with E-state index in [1.807, 2.05) is 11.3 Å². The number of hydrogen-bond donors (Lipinski definition) is 1. The molecule has 0 fully saturated rings. The summed E-state index contributed by atoms with van der Waals surface area (Å²) in [7, 11) is 0. The molecule has 2 aromatic rings. The zero-order valence-electron chi connectivity index (χ0n) is 10.7. The summed E-state index contributed by atoms with van der Waals surface area (Å²) in [6.07, 6.45) is 1.15. The maximum Gasteiger partial charge on any atom is 0.0590 e. The van der Waals surface area contributed by atoms with E-state index in [4.69, 9.17) is 0 Å². The second kappa shape index (κ2) is 5.43. The van der Waals surface area contributed by atoms with Crippen LogP contribution in [0.3, 0.4) is 0 Å². The number of benzene rings is 1. The van der Waals surface area contributed by atoms with Crippen LogP contribution in [0.4, 0.5) is 0 Å². The van der Waals surface area contributed by atoms with Crippen molar-refractivity contribution in [1.82, 2.24) is 5.32 Å². The molecule has 0 aliphatic carbocycles. The predicted molar refractivity (Wildman–Crippen MR) is 81.0 cm³/mol. The summed E-state index contributed by atoms with van der Waals surface area (Å²) in [6.45, 7) is 5.47. The highest BCUT2D eigenvalue weighted by Crippen LogP contribution is 2.32. The van der Waals surface area contributed by atoms with Gasteiger partial charge in [-0.2, -0.15) is 0 Å². The van der Waals surface area contributed by atoms with E-state index >= 15 is 0 Å². The average Bonchev–Trinajstić information content (AvgIpc) is 2.74. The van der Waals surface area contributed by atoms with Gasteiger partial charge in [0.1, 0.15) is 0 Å². The molecule has 0 bridgehead atoms. The molecular weight excluding hydrogens is 262 g/mol. The van der Waals surface area contributed by atoms with Crippen molar-refractivity contribution in [3.63, 3.8) is 0 Å². The fourth-order valence-electron chi connectivity index (χ4n) is 2.64. The van der Waals surface area contributed by atoms with Crippen molar-refractivity contribution in [2.24, 2.45) is 0 Å². The summed E-state index contributed by atoms with van der Waals surface area (Å²) in [5.74, 6) is 0. The lowest BCUT2D eigenvalue weighted by Gasteiger charge is -2.27. The standard InChI is InChI=1S/C15H17NS.ClH/c1-10-3-4-12-5-7-16-15(14(12)9-10)13-6-8-17-11(13)2;/h3-4,6,8-9,15-16H,5,7H2,1-2H3;1H/t15-;/m0./s1. The van der Waals surface area contributed by atoms with Crippen LogP contribution in [0.5, 0.6) is 0 Å². The zero-order chi connectivity index (χ0) is 11.8. The molecule has 1 atom stereocenters. The number of halogens is 1. The van der Waals surface area contributed by atoms with Crippen LogP contribution in [-0.2, 0) is 6.42 Å². The summed E-state index contributed by atoms with van der Waals surface area (Å²) in [4.78, 5) is 1.43. The maximum atomic E-state index is 3.65. The van der Waals surface area contributed by atoms with Gasteiger partial charge in [0.2, 0.25) is 0 Å². The Kier molecular flexibility index (Phi) is 4.10. The quantitative estimate of drug-likeness (QED) is 0.831. The van der Waals surface area contributed by atoms with Crippen LogP contribution in [0.25, 0.3) is 0 Å². The predicted octanol–water partition coefficient (Wildman–Crippen LogP) is 4.02. The molecule has 0 saturated heterocycles. The number of aryl methyl sites for hydroxylation is 2. The molecule has 1 aliphatic heterocycles. The first-order valence-corrected chi connectivity index (χ1v) is 7.00. The van der Waals surface area contributed by atoms with Gasteiger partial charge in [-0.05, 0) is 48.4 Å². The normalized spacial score (nSPS) is 18.0. The van der Waals surface area contributed by atoms with Gasteiger partial charge in [-0.3, -0.25) is 0 Å². The molecule has 1 aliphatic rings. The van der Waals surface area contributed by atoms with Gasteiger partial charge < -0.3 is 5.32 Å². The van der Waals surface area contributed by atoms with Gasteiger partial charge in [0.15, 0.2) is 0 Å². The van der Waals surface area contributed by atoms with Crippen LogP contribution in [-0.4, -0.2) is 6.54 Å². The molecule has 1 nitrogen and oxygen atoms in total. The highest BCUT2D eigenvalue weighted by Gasteiger charge is 2.22. The van der Waals surface area contributed by atoms with Crippen molar-refractivity contribution in [1.29, 1.82) is 0 Å². The summed E-state index contributed by atoms with van der Waals surface area (Å²) >= 11 is 1.84. The SMILES string of the molecule is Cc1ccc2c(c1)[C@H](c1ccsc1C)NCC2.Cl. The Bertz CT molecular complexity index is 547. The van der Waals surface area contributed by atoms with E-state index < -0.39 is 0 Å². The lowest BCUT2D eigenvalue weighted by atomic mass is 9.89. The maximum absolute atomic E-state index is 3.65. The second-order valence-electron chi connectivity index (χ2n) is 4.77. The monoisotopic (exact) mass is 279 g/mol. The van der Waals surface area contributed by atoms with E-state index in [9.17, 15) is 0 Å². The summed E-state index contributed by atoms with van der Waals surface area (Å²) in [5.41, 5.74) is 5.77. The number of hydrogen-bond acceptors (Lipinski definition) is 2. The van der Waals surface area contributed by atoms with Crippen LogP contribution in [0.15, 0.2) is 29.6 Å². The molecule has 0 saturated carbocycles. The molecule has 3 heteroatoms. The third kappa shape index (κ3) is 2.33. The highest BCUT2D eigenvalue weighted by atomic mass is 35.5. The third-order valence-corrected chi connectivity index (χ3v) is 4.43. The van der Waals surface area contributed by atoms with Crippen molar-refractivity contribution in [3.8, 4) is 0 Å². The van der Waals surface area contributed by atoms with Crippen molar-refractivity contribution < 1.29 is 0 Å². The lowest BCUT2D eigenvalue weighted by Crippen LogP contribution is -2.30. The second-order valence-corrected chi connectivity index (χ2v) is 5.89. The van der Waals surface area contributed by atoms with E-state index in [0.717, 1.165) is 13.0 Å². The third-order valence-electron chi connectivity index (χ3n) is 3.57. The van der Waals surface area contributed by atoms with Gasteiger partial charge >= 0.3 is 0 Å². The van der Waals surface area contributed by atoms with Crippen molar-refractivity contribution in [2.75, 3.05) is 6.54 Å². The molecule has 18 heavy (non-hydrogen) atoms. The largest absolute Gasteiger partial charge is 0.306 e. The fraction of sp³-hybridized carbons (Fsp3) is 0.333. The lowest BCUT2D eigenvalue weighted by molar-refractivity contribution is 0.567. The molecule has 0 spiro atoms. The Morgan fingerprint density at radius 3 is 2.72 bits per heavy atom. The molecule has 96 valence electrons. The molecule has 0 amide bonds. The Labute approximate surface area is 119 Å². The van der Waals surface area contributed by atoms with Crippen molar-refractivity contribution in [3.05, 3.63) is 56.8 Å². The average molecular weight is 280 g/mol. The smallest absolute Gasteiger partial charge is 0.0590 e. The number of nitrogens with one attached hydrogen (secondary N) is 1. The van der Waals surface area contributed by atoms with E-state index in [0.29, 0.717) is 6.04 Å². The Morgan fingerprint density at radius 2 is 2.00 bits per heavy atom. The Balaban J connectivity index is 0.00000120. The van der Waals surface area contributed by atoms with E-state index in [2.05, 4.69) is 48.8 Å². The molecule has 2 heterocycles. The van der Waals surface area contributed by atoms with Crippen LogP contribution in [0.2, 0.25) is 0 Å². The molecular formula is C15H18ClNS. The van der Waals surface area contributed by atoms with Gasteiger partial charge in [-0.1, -0.05) is 23.8 Å². The van der Waals surface area contributed by atoms with Gasteiger partial charge in [0.05, 0.1) is 6.04 Å². The number of thiophene rings is 1. The minimum absolute atomic E-state index is 0. The van der Waals surface area contributed by atoms with Gasteiger partial charge in [0, 0.05) is 11.4 Å². The van der Waals surface area contributed by atoms with Gasteiger partial charge in [-0.15, -0.1) is 23.7 Å². The number of rotatable bonds is 1. The summed E-state index contributed by atoms with van der Waals surface area (Å²) in [6, 6.07) is 9.50. The summed E-state index contributed by atoms with van der Waals surface area (Å²) < 4.78 is 0. The summed E-state index contributed by atoms with van der Waals surface area (Å²) in [5, 5.41) is 5.84. The van der Waals surface area contributed by atoms with Crippen LogP contribution in [0, 0.1) is 13.8 Å². The first-order chi connectivity index (χ1) is 8.25. The highest BCUT2D eigenvalue weighted by molar-refractivity contribution is 7.10. The number of fused-ring (bicyclic) bond motifs is 1. The first kappa shape index (κ1) is 13.6. The van der Waals surface area contributed by atoms with Crippen molar-refractivity contribution in [2.45, 2.75) is 26.3 Å². The Hall–Kier alpha value is -0.830. The van der Waals surface area contributed by atoms with Crippen molar-refractivity contribution >= 4 is 23.7 Å². The minimum Gasteiger partial charge on any atom is -0.306 e. The molecule has 3 rings (SSSR count). The zero-order valence-corrected chi connectivity index (χ0v) is 12.3. The van der Waals surface area contributed by atoms with Crippen LogP contribution < -0.4 is 5.32 Å².